The molecule has 1 heterocycles. The number of ether oxygens (including phenoxy) is 1. The molecule has 0 aliphatic carbocycles. The van der Waals surface area contributed by atoms with Crippen LogP contribution in [0.1, 0.15) is 60.3 Å². The summed E-state index contributed by atoms with van der Waals surface area (Å²) in [5.74, 6) is -1.57. The average Bonchev–Trinajstić information content (AvgIpc) is 2.99. The number of carbonyl (C=O) groups is 3. The summed E-state index contributed by atoms with van der Waals surface area (Å²) in [5, 5.41) is 21.9. The van der Waals surface area contributed by atoms with Gasteiger partial charge >= 0.3 is 12.1 Å². The zero-order valence-corrected chi connectivity index (χ0v) is 18.2. The van der Waals surface area contributed by atoms with Gasteiger partial charge in [0.05, 0.1) is 6.10 Å². The van der Waals surface area contributed by atoms with E-state index in [2.05, 4.69) is 18.8 Å². The van der Waals surface area contributed by atoms with Crippen LogP contribution in [0.5, 0.6) is 0 Å². The van der Waals surface area contributed by atoms with E-state index in [1.54, 1.807) is 20.8 Å². The van der Waals surface area contributed by atoms with E-state index in [0.717, 1.165) is 17.7 Å². The summed E-state index contributed by atoms with van der Waals surface area (Å²) in [6.45, 7) is 12.8. The first kappa shape index (κ1) is 24.9. The second kappa shape index (κ2) is 10.6. The number of likely N-dealkylation sites (tertiary alicyclic amines) is 1. The number of hydrogen-bond donors (Lipinski definition) is 3. The fourth-order valence-electron chi connectivity index (χ4n) is 3.40. The Labute approximate surface area is 173 Å². The molecule has 29 heavy (non-hydrogen) atoms. The van der Waals surface area contributed by atoms with Gasteiger partial charge in [-0.15, -0.1) is 6.58 Å². The normalized spacial score (nSPS) is 22.5. The van der Waals surface area contributed by atoms with Crippen molar-refractivity contribution >= 4 is 18.0 Å². The molecule has 0 aromatic rings. The molecule has 8 nitrogen and oxygen atoms in total. The topological polar surface area (TPSA) is 116 Å². The van der Waals surface area contributed by atoms with Crippen molar-refractivity contribution in [1.82, 2.24) is 10.2 Å². The van der Waals surface area contributed by atoms with Gasteiger partial charge in [0.1, 0.15) is 17.7 Å². The summed E-state index contributed by atoms with van der Waals surface area (Å²) in [7, 11) is 0. The molecular formula is C21H36N2O6. The first-order valence-corrected chi connectivity index (χ1v) is 10.2. The van der Waals surface area contributed by atoms with Crippen LogP contribution < -0.4 is 5.32 Å². The summed E-state index contributed by atoms with van der Waals surface area (Å²) < 4.78 is 5.29. The lowest BCUT2D eigenvalue weighted by molar-refractivity contribution is -0.149. The molecule has 8 heteroatoms. The molecule has 1 aliphatic rings. The number of alkyl carbamates (subject to hydrolysis) is 1. The van der Waals surface area contributed by atoms with Crippen LogP contribution in [0.15, 0.2) is 12.7 Å². The molecule has 1 fully saturated rings. The number of aliphatic hydroxyl groups excluding tert-OH is 1. The molecule has 0 aromatic heterocycles. The maximum Gasteiger partial charge on any atom is 0.408 e. The number of nitrogens with one attached hydrogen (secondary N) is 1. The molecule has 3 N–H and O–H groups in total. The van der Waals surface area contributed by atoms with Gasteiger partial charge in [0.15, 0.2) is 0 Å². The van der Waals surface area contributed by atoms with Gasteiger partial charge < -0.3 is 25.2 Å². The Balaban J connectivity index is 2.95. The Morgan fingerprint density at radius 1 is 1.28 bits per heavy atom. The van der Waals surface area contributed by atoms with Crippen LogP contribution in [0.3, 0.4) is 0 Å². The van der Waals surface area contributed by atoms with Crippen molar-refractivity contribution in [3.8, 4) is 0 Å². The minimum atomic E-state index is -1.17. The van der Waals surface area contributed by atoms with Crippen LogP contribution in [-0.4, -0.2) is 63.4 Å². The highest BCUT2D eigenvalue weighted by Gasteiger charge is 2.43. The number of allylic oxidation sites excluding steroid dienone is 1. The predicted octanol–water partition coefficient (Wildman–Crippen LogP) is 2.55. The highest BCUT2D eigenvalue weighted by Crippen LogP contribution is 2.24. The van der Waals surface area contributed by atoms with Crippen LogP contribution in [0.2, 0.25) is 0 Å². The Kier molecular flexibility index (Phi) is 9.14. The van der Waals surface area contributed by atoms with Crippen molar-refractivity contribution in [2.75, 3.05) is 6.54 Å². The number of amides is 2. The lowest BCUT2D eigenvalue weighted by Crippen LogP contribution is -2.55. The number of carboxylic acid groups (broad SMARTS) is 1. The van der Waals surface area contributed by atoms with Crippen molar-refractivity contribution < 1.29 is 29.3 Å². The number of carbonyl (C=O) groups excluding carboxylic acids is 2. The fourth-order valence-corrected chi connectivity index (χ4v) is 3.40. The molecule has 2 unspecified atom stereocenters. The van der Waals surface area contributed by atoms with Crippen molar-refractivity contribution in [2.45, 2.75) is 84.1 Å². The van der Waals surface area contributed by atoms with Gasteiger partial charge in [-0.2, -0.15) is 0 Å². The van der Waals surface area contributed by atoms with E-state index in [-0.39, 0.29) is 18.9 Å². The quantitative estimate of drug-likeness (QED) is 0.501. The summed E-state index contributed by atoms with van der Waals surface area (Å²) in [6.07, 6.45) is 2.62. The van der Waals surface area contributed by atoms with Crippen LogP contribution in [0.4, 0.5) is 4.79 Å². The average molecular weight is 413 g/mol. The van der Waals surface area contributed by atoms with Crippen molar-refractivity contribution in [2.24, 2.45) is 11.8 Å². The third kappa shape index (κ3) is 8.04. The monoisotopic (exact) mass is 412 g/mol. The molecule has 5 atom stereocenters. The summed E-state index contributed by atoms with van der Waals surface area (Å²) in [4.78, 5) is 38.2. The number of aliphatic hydroxyl groups is 1. The van der Waals surface area contributed by atoms with E-state index in [4.69, 9.17) is 4.74 Å². The summed E-state index contributed by atoms with van der Waals surface area (Å²) >= 11 is 0. The minimum absolute atomic E-state index is 0.0224. The lowest BCUT2D eigenvalue weighted by Gasteiger charge is -2.31. The van der Waals surface area contributed by atoms with E-state index < -0.39 is 41.8 Å². The van der Waals surface area contributed by atoms with Gasteiger partial charge in [-0.25, -0.2) is 9.59 Å². The van der Waals surface area contributed by atoms with Gasteiger partial charge in [-0.3, -0.25) is 4.79 Å². The molecule has 166 valence electrons. The Morgan fingerprint density at radius 3 is 2.41 bits per heavy atom. The van der Waals surface area contributed by atoms with Crippen LogP contribution in [-0.2, 0) is 14.3 Å². The highest BCUT2D eigenvalue weighted by molar-refractivity contribution is 5.90. The molecule has 2 amide bonds. The van der Waals surface area contributed by atoms with Crippen molar-refractivity contribution in [1.29, 1.82) is 0 Å². The Hall–Kier alpha value is -2.09. The molecule has 0 radical (unpaired) electrons. The predicted molar refractivity (Wildman–Crippen MR) is 109 cm³/mol. The highest BCUT2D eigenvalue weighted by atomic mass is 16.6. The second-order valence-electron chi connectivity index (χ2n) is 8.98. The smallest absolute Gasteiger partial charge is 0.408 e. The van der Waals surface area contributed by atoms with Gasteiger partial charge in [0.2, 0.25) is 5.91 Å². The molecule has 0 bridgehead atoms. The molecule has 0 aromatic carbocycles. The summed E-state index contributed by atoms with van der Waals surface area (Å²) in [6, 6.07) is -2.04. The third-order valence-corrected chi connectivity index (χ3v) is 5.08. The molecule has 1 saturated heterocycles. The van der Waals surface area contributed by atoms with E-state index >= 15 is 0 Å². The Bertz CT molecular complexity index is 600. The van der Waals surface area contributed by atoms with E-state index in [0.29, 0.717) is 12.3 Å². The number of carboxylic acids is 1. The van der Waals surface area contributed by atoms with Gasteiger partial charge in [-0.1, -0.05) is 26.3 Å². The van der Waals surface area contributed by atoms with Crippen LogP contribution in [0, 0.1) is 11.8 Å². The SMILES string of the molecule is C=CC(C)CCC[C@@H](C)[C@H](NC(=O)OC(C)(C)C)C(=O)N1C[C@H](O)CC1C(=O)O. The number of hydrogen-bond acceptors (Lipinski definition) is 5. The summed E-state index contributed by atoms with van der Waals surface area (Å²) in [5.41, 5.74) is -0.728. The number of nitrogens with zero attached hydrogens (tertiary/aromatic N) is 1. The first-order valence-electron chi connectivity index (χ1n) is 10.2. The van der Waals surface area contributed by atoms with E-state index in [9.17, 15) is 24.6 Å². The number of rotatable bonds is 9. The standard InChI is InChI=1S/C21H36N2O6/c1-7-13(2)9-8-10-14(3)17(22-20(28)29-21(4,5)6)18(25)23-12-15(24)11-16(23)19(26)27/h7,13-17,24H,1,8-12H2,2-6H3,(H,22,28)(H,26,27)/t13?,14-,15-,16?,17+/m1/s1. The largest absolute Gasteiger partial charge is 0.480 e. The molecule has 1 aliphatic heterocycles. The minimum Gasteiger partial charge on any atom is -0.480 e. The Morgan fingerprint density at radius 2 is 1.90 bits per heavy atom. The maximum atomic E-state index is 13.2. The fraction of sp³-hybridized carbons (Fsp3) is 0.762. The second-order valence-corrected chi connectivity index (χ2v) is 8.98. The van der Waals surface area contributed by atoms with Crippen LogP contribution >= 0.6 is 0 Å². The van der Waals surface area contributed by atoms with Gasteiger partial charge in [0, 0.05) is 13.0 Å². The van der Waals surface area contributed by atoms with Gasteiger partial charge in [-0.05, 0) is 45.4 Å². The zero-order chi connectivity index (χ0) is 22.4. The zero-order valence-electron chi connectivity index (χ0n) is 18.2. The number of β-amino-alcohol motifs (C(OH)–C–C–N with tert-alkyl or cyclic N) is 1. The van der Waals surface area contributed by atoms with E-state index in [1.165, 1.54) is 0 Å². The molecule has 1 rings (SSSR count). The number of aliphatic carboxylic acids is 1. The van der Waals surface area contributed by atoms with Crippen LogP contribution in [0.25, 0.3) is 0 Å². The maximum absolute atomic E-state index is 13.2. The first-order chi connectivity index (χ1) is 13.4. The molecule has 0 saturated carbocycles. The molecular weight excluding hydrogens is 376 g/mol. The third-order valence-electron chi connectivity index (χ3n) is 5.08. The van der Waals surface area contributed by atoms with Gasteiger partial charge in [0.25, 0.3) is 0 Å². The molecule has 0 spiro atoms. The van der Waals surface area contributed by atoms with Crippen molar-refractivity contribution in [3.05, 3.63) is 12.7 Å². The lowest BCUT2D eigenvalue weighted by atomic mass is 9.92. The van der Waals surface area contributed by atoms with E-state index in [1.807, 2.05) is 13.0 Å². The van der Waals surface area contributed by atoms with Crippen molar-refractivity contribution in [3.63, 3.8) is 0 Å².